The lowest BCUT2D eigenvalue weighted by Crippen LogP contribution is -2.32. The Labute approximate surface area is 165 Å². The summed E-state index contributed by atoms with van der Waals surface area (Å²) in [5.41, 5.74) is 10.2. The fourth-order valence-electron chi connectivity index (χ4n) is 3.92. The molecule has 0 saturated carbocycles. The van der Waals surface area contributed by atoms with Crippen LogP contribution in [0.25, 0.3) is 11.3 Å². The maximum absolute atomic E-state index is 11.2. The Hall–Kier alpha value is -2.99. The standard InChI is InChI=1S/C22H25N5O/c1-26-14-16(12-25-26)15-27-11-3-2-4-21(27)19-9-10-20(24-13-19)17-5-7-18(8-6-17)22(23)28/h5-10,12-14,21H,2-4,11,15H2,1H3,(H2,23,28). The van der Waals surface area contributed by atoms with Gasteiger partial charge in [0, 0.05) is 48.7 Å². The van der Waals surface area contributed by atoms with Crippen molar-refractivity contribution in [3.8, 4) is 11.3 Å². The molecule has 4 rings (SSSR count). The molecule has 1 unspecified atom stereocenters. The molecule has 0 bridgehead atoms. The Morgan fingerprint density at radius 2 is 1.96 bits per heavy atom. The number of carbonyl (C=O) groups is 1. The summed E-state index contributed by atoms with van der Waals surface area (Å²) >= 11 is 0. The van der Waals surface area contributed by atoms with E-state index in [0.717, 1.165) is 30.8 Å². The van der Waals surface area contributed by atoms with E-state index in [4.69, 9.17) is 5.73 Å². The number of nitrogens with two attached hydrogens (primary N) is 1. The number of aromatic nitrogens is 3. The largest absolute Gasteiger partial charge is 0.366 e. The van der Waals surface area contributed by atoms with Gasteiger partial charge >= 0.3 is 0 Å². The molecule has 2 N–H and O–H groups in total. The second kappa shape index (κ2) is 7.94. The zero-order valence-electron chi connectivity index (χ0n) is 16.1. The molecule has 1 aliphatic rings. The summed E-state index contributed by atoms with van der Waals surface area (Å²) in [5, 5.41) is 4.29. The summed E-state index contributed by atoms with van der Waals surface area (Å²) < 4.78 is 1.86. The Morgan fingerprint density at radius 3 is 2.61 bits per heavy atom. The van der Waals surface area contributed by atoms with Gasteiger partial charge in [0.25, 0.3) is 0 Å². The number of piperidine rings is 1. The molecule has 1 aliphatic heterocycles. The zero-order valence-corrected chi connectivity index (χ0v) is 16.1. The second-order valence-electron chi connectivity index (χ2n) is 7.42. The lowest BCUT2D eigenvalue weighted by molar-refractivity contribution is 0.100. The van der Waals surface area contributed by atoms with Crippen molar-refractivity contribution in [2.24, 2.45) is 12.8 Å². The third-order valence-corrected chi connectivity index (χ3v) is 5.39. The van der Waals surface area contributed by atoms with Crippen molar-refractivity contribution in [1.82, 2.24) is 19.7 Å². The molecule has 1 amide bonds. The van der Waals surface area contributed by atoms with Gasteiger partial charge in [-0.3, -0.25) is 19.4 Å². The van der Waals surface area contributed by atoms with E-state index in [-0.39, 0.29) is 0 Å². The molecule has 2 aromatic heterocycles. The van der Waals surface area contributed by atoms with Crippen molar-refractivity contribution in [3.05, 3.63) is 71.7 Å². The highest BCUT2D eigenvalue weighted by molar-refractivity contribution is 5.93. The van der Waals surface area contributed by atoms with Crippen molar-refractivity contribution in [2.45, 2.75) is 31.8 Å². The molecular formula is C22H25N5O. The van der Waals surface area contributed by atoms with Crippen LogP contribution in [0.3, 0.4) is 0 Å². The fourth-order valence-corrected chi connectivity index (χ4v) is 3.92. The number of pyridine rings is 1. The van der Waals surface area contributed by atoms with Crippen molar-refractivity contribution in [2.75, 3.05) is 6.54 Å². The summed E-state index contributed by atoms with van der Waals surface area (Å²) in [4.78, 5) is 18.4. The van der Waals surface area contributed by atoms with Crippen LogP contribution in [0.1, 0.15) is 46.8 Å². The van der Waals surface area contributed by atoms with Crippen molar-refractivity contribution in [1.29, 1.82) is 0 Å². The summed E-state index contributed by atoms with van der Waals surface area (Å²) in [6.07, 6.45) is 9.64. The minimum absolute atomic E-state index is 0.382. The van der Waals surface area contributed by atoms with E-state index < -0.39 is 5.91 Å². The Balaban J connectivity index is 1.52. The average Bonchev–Trinajstić information content (AvgIpc) is 3.13. The van der Waals surface area contributed by atoms with Crippen LogP contribution in [-0.4, -0.2) is 32.1 Å². The molecular weight excluding hydrogens is 350 g/mol. The Morgan fingerprint density at radius 1 is 1.14 bits per heavy atom. The normalized spacial score (nSPS) is 17.5. The van der Waals surface area contributed by atoms with Crippen LogP contribution in [-0.2, 0) is 13.6 Å². The molecule has 28 heavy (non-hydrogen) atoms. The monoisotopic (exact) mass is 375 g/mol. The number of aryl methyl sites for hydroxylation is 1. The summed E-state index contributed by atoms with van der Waals surface area (Å²) in [6, 6.07) is 11.9. The molecule has 0 aliphatic carbocycles. The lowest BCUT2D eigenvalue weighted by atomic mass is 9.95. The number of hydrogen-bond acceptors (Lipinski definition) is 4. The van der Waals surface area contributed by atoms with Crippen LogP contribution < -0.4 is 5.73 Å². The van der Waals surface area contributed by atoms with E-state index in [0.29, 0.717) is 11.6 Å². The van der Waals surface area contributed by atoms with Gasteiger partial charge in [0.05, 0.1) is 11.9 Å². The first-order valence-electron chi connectivity index (χ1n) is 9.68. The highest BCUT2D eigenvalue weighted by Gasteiger charge is 2.24. The minimum atomic E-state index is -0.416. The first-order chi connectivity index (χ1) is 13.6. The van der Waals surface area contributed by atoms with Crippen LogP contribution in [0.15, 0.2) is 55.0 Å². The summed E-state index contributed by atoms with van der Waals surface area (Å²) in [7, 11) is 1.95. The van der Waals surface area contributed by atoms with Crippen molar-refractivity contribution >= 4 is 5.91 Å². The van der Waals surface area contributed by atoms with E-state index in [1.807, 2.05) is 36.3 Å². The third kappa shape index (κ3) is 3.97. The predicted molar refractivity (Wildman–Crippen MR) is 108 cm³/mol. The van der Waals surface area contributed by atoms with E-state index in [1.54, 1.807) is 12.1 Å². The number of carbonyl (C=O) groups excluding carboxylic acids is 1. The van der Waals surface area contributed by atoms with E-state index in [1.165, 1.54) is 24.0 Å². The molecule has 0 spiro atoms. The molecule has 144 valence electrons. The molecule has 3 aromatic rings. The van der Waals surface area contributed by atoms with Crippen LogP contribution >= 0.6 is 0 Å². The second-order valence-corrected chi connectivity index (χ2v) is 7.42. The van der Waals surface area contributed by atoms with E-state index in [2.05, 4.69) is 33.3 Å². The number of primary amides is 1. The molecule has 1 saturated heterocycles. The van der Waals surface area contributed by atoms with Crippen molar-refractivity contribution in [3.63, 3.8) is 0 Å². The van der Waals surface area contributed by atoms with E-state index in [9.17, 15) is 4.79 Å². The Bertz CT molecular complexity index is 946. The van der Waals surface area contributed by atoms with Gasteiger partial charge < -0.3 is 5.73 Å². The minimum Gasteiger partial charge on any atom is -0.366 e. The highest BCUT2D eigenvalue weighted by atomic mass is 16.1. The summed E-state index contributed by atoms with van der Waals surface area (Å²) in [6.45, 7) is 2.00. The first kappa shape index (κ1) is 18.4. The van der Waals surface area contributed by atoms with Gasteiger partial charge in [0.2, 0.25) is 5.91 Å². The van der Waals surface area contributed by atoms with Gasteiger partial charge in [0.15, 0.2) is 0 Å². The smallest absolute Gasteiger partial charge is 0.248 e. The van der Waals surface area contributed by atoms with Gasteiger partial charge in [0.1, 0.15) is 0 Å². The van der Waals surface area contributed by atoms with Crippen LogP contribution in [0.2, 0.25) is 0 Å². The third-order valence-electron chi connectivity index (χ3n) is 5.39. The average molecular weight is 375 g/mol. The lowest BCUT2D eigenvalue weighted by Gasteiger charge is -2.35. The molecule has 1 aromatic carbocycles. The molecule has 0 radical (unpaired) electrons. The number of hydrogen-bond donors (Lipinski definition) is 1. The number of rotatable bonds is 5. The fraction of sp³-hybridized carbons (Fsp3) is 0.318. The van der Waals surface area contributed by atoms with Gasteiger partial charge in [-0.2, -0.15) is 5.10 Å². The number of nitrogens with zero attached hydrogens (tertiary/aromatic N) is 4. The topological polar surface area (TPSA) is 77.0 Å². The number of likely N-dealkylation sites (tertiary alicyclic amines) is 1. The number of benzene rings is 1. The predicted octanol–water partition coefficient (Wildman–Crippen LogP) is 3.31. The van der Waals surface area contributed by atoms with Crippen molar-refractivity contribution < 1.29 is 4.79 Å². The molecule has 1 fully saturated rings. The Kier molecular flexibility index (Phi) is 5.21. The highest BCUT2D eigenvalue weighted by Crippen LogP contribution is 2.32. The van der Waals surface area contributed by atoms with E-state index >= 15 is 0 Å². The van der Waals surface area contributed by atoms with Gasteiger partial charge in [-0.05, 0) is 43.1 Å². The molecule has 1 atom stereocenters. The maximum Gasteiger partial charge on any atom is 0.248 e. The number of amides is 1. The molecule has 6 heteroatoms. The van der Waals surface area contributed by atoms with Gasteiger partial charge in [-0.1, -0.05) is 24.6 Å². The van der Waals surface area contributed by atoms with Gasteiger partial charge in [-0.15, -0.1) is 0 Å². The van der Waals surface area contributed by atoms with Crippen LogP contribution in [0.4, 0.5) is 0 Å². The maximum atomic E-state index is 11.2. The zero-order chi connectivity index (χ0) is 19.5. The molecule has 3 heterocycles. The van der Waals surface area contributed by atoms with Crippen LogP contribution in [0.5, 0.6) is 0 Å². The van der Waals surface area contributed by atoms with Gasteiger partial charge in [-0.25, -0.2) is 0 Å². The SMILES string of the molecule is Cn1cc(CN2CCCCC2c2ccc(-c3ccc(C(N)=O)cc3)nc2)cn1. The summed E-state index contributed by atoms with van der Waals surface area (Å²) in [5.74, 6) is -0.416. The first-order valence-corrected chi connectivity index (χ1v) is 9.68. The quantitative estimate of drug-likeness (QED) is 0.742. The molecule has 6 nitrogen and oxygen atoms in total. The van der Waals surface area contributed by atoms with Crippen LogP contribution in [0, 0.1) is 0 Å².